The van der Waals surface area contributed by atoms with Crippen molar-refractivity contribution in [2.75, 3.05) is 6.26 Å². The zero-order valence-electron chi connectivity index (χ0n) is 9.69. The van der Waals surface area contributed by atoms with Crippen molar-refractivity contribution in [3.63, 3.8) is 0 Å². The van der Waals surface area contributed by atoms with Gasteiger partial charge in [-0.3, -0.25) is 0 Å². The van der Waals surface area contributed by atoms with Gasteiger partial charge in [-0.25, -0.2) is 9.97 Å². The molecule has 1 aromatic heterocycles. The minimum absolute atomic E-state index is 0.814. The monoisotopic (exact) mass is 230 g/mol. The summed E-state index contributed by atoms with van der Waals surface area (Å²) in [6, 6.07) is 8.47. The molecule has 0 saturated heterocycles. The van der Waals surface area contributed by atoms with Crippen LogP contribution in [-0.4, -0.2) is 16.2 Å². The number of hydrogen-bond donors (Lipinski definition) is 0. The summed E-state index contributed by atoms with van der Waals surface area (Å²) in [5.41, 5.74) is 3.29. The second-order valence-electron chi connectivity index (χ2n) is 3.68. The smallest absolute Gasteiger partial charge is 0.125 e. The quantitative estimate of drug-likeness (QED) is 0.739. The molecule has 0 fully saturated rings. The van der Waals surface area contributed by atoms with Gasteiger partial charge in [0.25, 0.3) is 0 Å². The van der Waals surface area contributed by atoms with E-state index in [-0.39, 0.29) is 0 Å². The predicted octanol–water partition coefficient (Wildman–Crippen LogP) is 3.48. The van der Waals surface area contributed by atoms with Gasteiger partial charge >= 0.3 is 0 Å². The van der Waals surface area contributed by atoms with E-state index >= 15 is 0 Å². The molecule has 2 rings (SSSR count). The molecule has 0 unspecified atom stereocenters. The maximum Gasteiger partial charge on any atom is 0.125 e. The van der Waals surface area contributed by atoms with Gasteiger partial charge in [0, 0.05) is 16.7 Å². The fourth-order valence-corrected chi connectivity index (χ4v) is 1.98. The summed E-state index contributed by atoms with van der Waals surface area (Å²) in [6.07, 6.45) is 3.95. The molecule has 82 valence electrons. The average molecular weight is 230 g/mol. The molecule has 2 nitrogen and oxygen atoms in total. The maximum absolute atomic E-state index is 4.48. The lowest BCUT2D eigenvalue weighted by molar-refractivity contribution is 1.04. The van der Waals surface area contributed by atoms with Crippen molar-refractivity contribution >= 4 is 11.8 Å². The van der Waals surface area contributed by atoms with Crippen LogP contribution in [0.3, 0.4) is 0 Å². The molecule has 2 aromatic rings. The first kappa shape index (κ1) is 11.1. The number of aromatic nitrogens is 2. The summed E-state index contributed by atoms with van der Waals surface area (Å²) >= 11 is 1.75. The van der Waals surface area contributed by atoms with Crippen molar-refractivity contribution in [2.45, 2.75) is 18.7 Å². The molecule has 1 heterocycles. The number of benzene rings is 1. The van der Waals surface area contributed by atoms with Crippen LogP contribution in [0.4, 0.5) is 0 Å². The Morgan fingerprint density at radius 1 is 1.06 bits per heavy atom. The molecule has 0 bridgehead atoms. The molecule has 0 aliphatic rings. The van der Waals surface area contributed by atoms with Gasteiger partial charge in [-0.15, -0.1) is 11.8 Å². The minimum Gasteiger partial charge on any atom is -0.241 e. The van der Waals surface area contributed by atoms with Crippen LogP contribution in [-0.2, 0) is 0 Å². The van der Waals surface area contributed by atoms with Gasteiger partial charge in [-0.2, -0.15) is 0 Å². The molecule has 1 aromatic carbocycles. The second kappa shape index (κ2) is 4.66. The Balaban J connectivity index is 2.45. The van der Waals surface area contributed by atoms with Crippen LogP contribution in [0.15, 0.2) is 35.4 Å². The maximum atomic E-state index is 4.48. The summed E-state index contributed by atoms with van der Waals surface area (Å²) in [6.45, 7) is 3.95. The summed E-state index contributed by atoms with van der Waals surface area (Å²) in [5.74, 6) is 0.814. The third-order valence-corrected chi connectivity index (χ3v) is 3.20. The fourth-order valence-electron chi connectivity index (χ4n) is 1.57. The first-order valence-corrected chi connectivity index (χ1v) is 6.38. The Bertz CT molecular complexity index is 492. The average Bonchev–Trinajstić information content (AvgIpc) is 2.32. The molecule has 0 amide bonds. The highest BCUT2D eigenvalue weighted by Crippen LogP contribution is 2.23. The molecule has 0 aliphatic carbocycles. The van der Waals surface area contributed by atoms with Gasteiger partial charge in [0.1, 0.15) is 5.82 Å². The first-order chi connectivity index (χ1) is 7.70. The van der Waals surface area contributed by atoms with Crippen LogP contribution in [0.5, 0.6) is 0 Å². The highest BCUT2D eigenvalue weighted by molar-refractivity contribution is 7.98. The van der Waals surface area contributed by atoms with E-state index in [2.05, 4.69) is 40.5 Å². The molecule has 0 aliphatic heterocycles. The molecular weight excluding hydrogens is 216 g/mol. The SMILES string of the molecule is CSc1ccc(-c2nc(C)ncc2C)cc1. The van der Waals surface area contributed by atoms with Gasteiger partial charge < -0.3 is 0 Å². The van der Waals surface area contributed by atoms with Gasteiger partial charge in [0.15, 0.2) is 0 Å². The third-order valence-electron chi connectivity index (χ3n) is 2.46. The van der Waals surface area contributed by atoms with E-state index in [1.807, 2.05) is 20.0 Å². The predicted molar refractivity (Wildman–Crippen MR) is 68.7 cm³/mol. The van der Waals surface area contributed by atoms with E-state index in [9.17, 15) is 0 Å². The second-order valence-corrected chi connectivity index (χ2v) is 4.56. The van der Waals surface area contributed by atoms with Gasteiger partial charge in [-0.05, 0) is 37.8 Å². The summed E-state index contributed by atoms with van der Waals surface area (Å²) in [4.78, 5) is 9.93. The number of nitrogens with zero attached hydrogens (tertiary/aromatic N) is 2. The van der Waals surface area contributed by atoms with Crippen molar-refractivity contribution in [3.05, 3.63) is 41.9 Å². The normalized spacial score (nSPS) is 10.4. The van der Waals surface area contributed by atoms with E-state index < -0.39 is 0 Å². The summed E-state index contributed by atoms with van der Waals surface area (Å²) in [5, 5.41) is 0. The van der Waals surface area contributed by atoms with E-state index in [0.29, 0.717) is 0 Å². The van der Waals surface area contributed by atoms with E-state index in [0.717, 1.165) is 22.6 Å². The van der Waals surface area contributed by atoms with Gasteiger partial charge in [0.2, 0.25) is 0 Å². The zero-order valence-corrected chi connectivity index (χ0v) is 10.5. The van der Waals surface area contributed by atoms with E-state index in [4.69, 9.17) is 0 Å². The summed E-state index contributed by atoms with van der Waals surface area (Å²) in [7, 11) is 0. The Morgan fingerprint density at radius 2 is 1.75 bits per heavy atom. The largest absolute Gasteiger partial charge is 0.241 e. The van der Waals surface area contributed by atoms with Crippen molar-refractivity contribution in [3.8, 4) is 11.3 Å². The number of aryl methyl sites for hydroxylation is 2. The highest BCUT2D eigenvalue weighted by atomic mass is 32.2. The topological polar surface area (TPSA) is 25.8 Å². The van der Waals surface area contributed by atoms with Gasteiger partial charge in [-0.1, -0.05) is 12.1 Å². The Kier molecular flexibility index (Phi) is 3.25. The van der Waals surface area contributed by atoms with Crippen molar-refractivity contribution in [2.24, 2.45) is 0 Å². The van der Waals surface area contributed by atoms with Crippen molar-refractivity contribution in [1.82, 2.24) is 9.97 Å². The van der Waals surface area contributed by atoms with Crippen molar-refractivity contribution in [1.29, 1.82) is 0 Å². The van der Waals surface area contributed by atoms with Crippen LogP contribution in [0.1, 0.15) is 11.4 Å². The lowest BCUT2D eigenvalue weighted by atomic mass is 10.1. The van der Waals surface area contributed by atoms with Crippen LogP contribution < -0.4 is 0 Å². The number of hydrogen-bond acceptors (Lipinski definition) is 3. The number of rotatable bonds is 2. The molecule has 3 heteroatoms. The summed E-state index contributed by atoms with van der Waals surface area (Å²) < 4.78 is 0. The van der Waals surface area contributed by atoms with E-state index in [1.54, 1.807) is 11.8 Å². The Labute approximate surface area is 100 Å². The van der Waals surface area contributed by atoms with E-state index in [1.165, 1.54) is 4.90 Å². The lowest BCUT2D eigenvalue weighted by Gasteiger charge is -2.06. The minimum atomic E-state index is 0.814. The molecule has 0 N–H and O–H groups in total. The first-order valence-electron chi connectivity index (χ1n) is 5.15. The highest BCUT2D eigenvalue weighted by Gasteiger charge is 2.04. The molecule has 0 saturated carbocycles. The molecule has 0 radical (unpaired) electrons. The zero-order chi connectivity index (χ0) is 11.5. The molecule has 16 heavy (non-hydrogen) atoms. The lowest BCUT2D eigenvalue weighted by Crippen LogP contribution is -1.94. The Morgan fingerprint density at radius 3 is 2.38 bits per heavy atom. The van der Waals surface area contributed by atoms with Crippen LogP contribution >= 0.6 is 11.8 Å². The van der Waals surface area contributed by atoms with Crippen LogP contribution in [0.2, 0.25) is 0 Å². The Hall–Kier alpha value is -1.35. The number of thioether (sulfide) groups is 1. The third kappa shape index (κ3) is 2.25. The van der Waals surface area contributed by atoms with Crippen LogP contribution in [0.25, 0.3) is 11.3 Å². The van der Waals surface area contributed by atoms with Crippen molar-refractivity contribution < 1.29 is 0 Å². The standard InChI is InChI=1S/C13H14N2S/c1-9-8-14-10(2)15-13(9)11-4-6-12(16-3)7-5-11/h4-8H,1-3H3. The van der Waals surface area contributed by atoms with Crippen LogP contribution in [0, 0.1) is 13.8 Å². The molecular formula is C13H14N2S. The molecule has 0 spiro atoms. The van der Waals surface area contributed by atoms with Gasteiger partial charge in [0.05, 0.1) is 5.69 Å². The fraction of sp³-hybridized carbons (Fsp3) is 0.231. The molecule has 0 atom stereocenters.